The van der Waals surface area contributed by atoms with Gasteiger partial charge >= 0.3 is 6.03 Å². The smallest absolute Gasteiger partial charge is 0.322 e. The summed E-state index contributed by atoms with van der Waals surface area (Å²) < 4.78 is 14.8. The number of hydrogen-bond acceptors (Lipinski definition) is 2. The Morgan fingerprint density at radius 1 is 1.04 bits per heavy atom. The third-order valence-corrected chi connectivity index (χ3v) is 5.12. The molecule has 6 heteroatoms. The van der Waals surface area contributed by atoms with Crippen molar-refractivity contribution in [1.82, 2.24) is 15.3 Å². The van der Waals surface area contributed by atoms with Crippen LogP contribution in [0.5, 0.6) is 0 Å². The lowest BCUT2D eigenvalue weighted by Gasteiger charge is -2.24. The lowest BCUT2D eigenvalue weighted by atomic mass is 9.99. The molecule has 1 aliphatic rings. The number of nitrogens with one attached hydrogen (secondary N) is 2. The van der Waals surface area contributed by atoms with Crippen molar-refractivity contribution in [2.45, 2.75) is 6.04 Å². The highest BCUT2D eigenvalue weighted by Crippen LogP contribution is 2.34. The summed E-state index contributed by atoms with van der Waals surface area (Å²) in [6.45, 7) is 0.418. The molecule has 1 unspecified atom stereocenters. The van der Waals surface area contributed by atoms with Gasteiger partial charge in [-0.3, -0.25) is 4.90 Å². The van der Waals surface area contributed by atoms with Crippen LogP contribution in [0.15, 0.2) is 73.1 Å². The first kappa shape index (κ1) is 16.5. The van der Waals surface area contributed by atoms with E-state index in [1.54, 1.807) is 17.3 Å². The van der Waals surface area contributed by atoms with Crippen LogP contribution in [0.25, 0.3) is 22.2 Å². The van der Waals surface area contributed by atoms with E-state index >= 15 is 0 Å². The van der Waals surface area contributed by atoms with E-state index in [1.807, 2.05) is 54.6 Å². The van der Waals surface area contributed by atoms with Gasteiger partial charge in [0.1, 0.15) is 5.82 Å². The molecule has 1 fully saturated rings. The van der Waals surface area contributed by atoms with Crippen LogP contribution in [-0.2, 0) is 0 Å². The Kier molecular flexibility index (Phi) is 3.83. The molecule has 2 heterocycles. The molecule has 0 radical (unpaired) electrons. The Labute approximate surface area is 160 Å². The lowest BCUT2D eigenvalue weighted by molar-refractivity contribution is 0.251. The van der Waals surface area contributed by atoms with Crippen LogP contribution in [0.1, 0.15) is 11.6 Å². The summed E-state index contributed by atoms with van der Waals surface area (Å²) in [7, 11) is 0. The summed E-state index contributed by atoms with van der Waals surface area (Å²) in [5.41, 5.74) is 4.53. The second kappa shape index (κ2) is 6.49. The molecule has 5 nitrogen and oxygen atoms in total. The summed E-state index contributed by atoms with van der Waals surface area (Å²) in [5.74, 6) is -0.300. The second-order valence-electron chi connectivity index (χ2n) is 6.78. The van der Waals surface area contributed by atoms with Crippen molar-refractivity contribution in [2.75, 3.05) is 11.4 Å². The summed E-state index contributed by atoms with van der Waals surface area (Å²) in [4.78, 5) is 21.5. The topological polar surface area (TPSA) is 61.0 Å². The first-order valence-corrected chi connectivity index (χ1v) is 9.06. The average molecular weight is 372 g/mol. The Bertz CT molecular complexity index is 1170. The number of anilines is 1. The number of rotatable bonds is 3. The van der Waals surface area contributed by atoms with E-state index in [0.29, 0.717) is 12.1 Å². The first-order chi connectivity index (χ1) is 13.7. The van der Waals surface area contributed by atoms with Gasteiger partial charge in [0.25, 0.3) is 0 Å². The van der Waals surface area contributed by atoms with Crippen LogP contribution in [0.2, 0.25) is 0 Å². The van der Waals surface area contributed by atoms with E-state index in [0.717, 1.165) is 27.8 Å². The molecule has 1 atom stereocenters. The highest BCUT2D eigenvalue weighted by molar-refractivity contribution is 5.97. The molecule has 1 aromatic heterocycles. The zero-order valence-corrected chi connectivity index (χ0v) is 14.9. The molecule has 4 aromatic rings. The van der Waals surface area contributed by atoms with E-state index in [2.05, 4.69) is 15.3 Å². The minimum atomic E-state index is -0.300. The normalized spacial score (nSPS) is 16.5. The van der Waals surface area contributed by atoms with Gasteiger partial charge in [0.05, 0.1) is 23.4 Å². The number of benzene rings is 3. The molecule has 2 N–H and O–H groups in total. The third kappa shape index (κ3) is 2.70. The molecule has 5 rings (SSSR count). The van der Waals surface area contributed by atoms with Crippen molar-refractivity contribution < 1.29 is 9.18 Å². The molecule has 2 amide bonds. The lowest BCUT2D eigenvalue weighted by Crippen LogP contribution is -2.29. The van der Waals surface area contributed by atoms with Gasteiger partial charge in [-0.1, -0.05) is 42.5 Å². The number of carbonyl (C=O) groups is 1. The summed E-state index contributed by atoms with van der Waals surface area (Å²) in [6, 6.07) is 19.7. The quantitative estimate of drug-likeness (QED) is 0.550. The Morgan fingerprint density at radius 3 is 2.71 bits per heavy atom. The fraction of sp³-hybridized carbons (Fsp3) is 0.0909. The summed E-state index contributed by atoms with van der Waals surface area (Å²) >= 11 is 0. The van der Waals surface area contributed by atoms with E-state index in [1.165, 1.54) is 6.07 Å². The fourth-order valence-electron chi connectivity index (χ4n) is 3.73. The fourth-order valence-corrected chi connectivity index (χ4v) is 3.73. The number of H-pyrrole nitrogens is 1. The van der Waals surface area contributed by atoms with Crippen molar-refractivity contribution in [3.63, 3.8) is 0 Å². The average Bonchev–Trinajstić information content (AvgIpc) is 3.34. The second-order valence-corrected chi connectivity index (χ2v) is 6.78. The minimum Gasteiger partial charge on any atom is -0.345 e. The van der Waals surface area contributed by atoms with E-state index < -0.39 is 0 Å². The van der Waals surface area contributed by atoms with Crippen molar-refractivity contribution in [3.05, 3.63) is 84.4 Å². The van der Waals surface area contributed by atoms with Crippen molar-refractivity contribution in [1.29, 1.82) is 0 Å². The van der Waals surface area contributed by atoms with Gasteiger partial charge in [0.2, 0.25) is 0 Å². The van der Waals surface area contributed by atoms with Crippen LogP contribution in [-0.4, -0.2) is 22.5 Å². The predicted molar refractivity (Wildman–Crippen MR) is 107 cm³/mol. The number of carbonyl (C=O) groups excluding carboxylic acids is 1. The van der Waals surface area contributed by atoms with Gasteiger partial charge in [-0.25, -0.2) is 14.2 Å². The number of imidazole rings is 1. The number of aromatic nitrogens is 2. The van der Waals surface area contributed by atoms with Crippen LogP contribution >= 0.6 is 0 Å². The van der Waals surface area contributed by atoms with E-state index in [9.17, 15) is 9.18 Å². The van der Waals surface area contributed by atoms with Crippen molar-refractivity contribution in [3.8, 4) is 11.1 Å². The molecule has 3 aromatic carbocycles. The van der Waals surface area contributed by atoms with E-state index in [-0.39, 0.29) is 17.9 Å². The van der Waals surface area contributed by atoms with E-state index in [4.69, 9.17) is 0 Å². The molecule has 28 heavy (non-hydrogen) atoms. The van der Waals surface area contributed by atoms with Crippen molar-refractivity contribution in [2.24, 2.45) is 0 Å². The number of fused-ring (bicyclic) bond motifs is 1. The Hall–Kier alpha value is -3.67. The number of aromatic amines is 1. The first-order valence-electron chi connectivity index (χ1n) is 9.06. The number of halogens is 1. The zero-order valence-electron chi connectivity index (χ0n) is 14.9. The molecule has 138 valence electrons. The van der Waals surface area contributed by atoms with Gasteiger partial charge < -0.3 is 10.3 Å². The Balaban J connectivity index is 1.52. The standard InChI is InChI=1S/C22H17FN4O/c23-18-10-15(6-8-17(18)14-4-2-1-3-5-14)21-12-24-22(28)27(21)16-7-9-19-20(11-16)26-13-25-19/h1-11,13,21H,12H2,(H,24,28)(H,25,26). The molecule has 0 saturated carbocycles. The largest absolute Gasteiger partial charge is 0.345 e. The van der Waals surface area contributed by atoms with Gasteiger partial charge in [0, 0.05) is 17.8 Å². The number of hydrogen-bond donors (Lipinski definition) is 2. The summed E-state index contributed by atoms with van der Waals surface area (Å²) in [5, 5.41) is 2.86. The maximum absolute atomic E-state index is 14.8. The Morgan fingerprint density at radius 2 is 1.89 bits per heavy atom. The third-order valence-electron chi connectivity index (χ3n) is 5.12. The van der Waals surface area contributed by atoms with Crippen LogP contribution in [0.3, 0.4) is 0 Å². The number of nitrogens with zero attached hydrogens (tertiary/aromatic N) is 2. The molecular weight excluding hydrogens is 355 g/mol. The van der Waals surface area contributed by atoms with Gasteiger partial charge in [-0.05, 0) is 35.4 Å². The highest BCUT2D eigenvalue weighted by atomic mass is 19.1. The van der Waals surface area contributed by atoms with Gasteiger partial charge in [0.15, 0.2) is 0 Å². The van der Waals surface area contributed by atoms with Crippen molar-refractivity contribution >= 4 is 22.8 Å². The molecule has 0 spiro atoms. The van der Waals surface area contributed by atoms with Crippen LogP contribution in [0.4, 0.5) is 14.9 Å². The monoisotopic (exact) mass is 372 g/mol. The minimum absolute atomic E-state index is 0.201. The maximum atomic E-state index is 14.8. The maximum Gasteiger partial charge on any atom is 0.322 e. The summed E-state index contributed by atoms with van der Waals surface area (Å²) in [6.07, 6.45) is 1.62. The van der Waals surface area contributed by atoms with Gasteiger partial charge in [-0.15, -0.1) is 0 Å². The molecule has 1 saturated heterocycles. The van der Waals surface area contributed by atoms with Crippen LogP contribution in [0, 0.1) is 5.82 Å². The van der Waals surface area contributed by atoms with Gasteiger partial charge in [-0.2, -0.15) is 0 Å². The predicted octanol–water partition coefficient (Wildman–Crippen LogP) is 4.64. The number of urea groups is 1. The zero-order chi connectivity index (χ0) is 19.1. The molecule has 0 bridgehead atoms. The molecule has 1 aliphatic heterocycles. The SMILES string of the molecule is O=C1NCC(c2ccc(-c3ccccc3)c(F)c2)N1c1ccc2[nH]cnc2c1. The highest BCUT2D eigenvalue weighted by Gasteiger charge is 2.33. The molecule has 0 aliphatic carbocycles. The molecular formula is C22H17FN4O. The number of amides is 2. The van der Waals surface area contributed by atoms with Crippen LogP contribution < -0.4 is 10.2 Å².